The van der Waals surface area contributed by atoms with Crippen LogP contribution < -0.4 is 10.6 Å². The van der Waals surface area contributed by atoms with E-state index < -0.39 is 0 Å². The maximum atomic E-state index is 12.1. The monoisotopic (exact) mass is 409 g/mol. The summed E-state index contributed by atoms with van der Waals surface area (Å²) >= 11 is 11.8. The summed E-state index contributed by atoms with van der Waals surface area (Å²) in [6, 6.07) is 6.93. The second-order valence-corrected chi connectivity index (χ2v) is 7.94. The van der Waals surface area contributed by atoms with Crippen LogP contribution in [0, 0.1) is 19.8 Å². The molecule has 0 saturated carbocycles. The first-order valence-electron chi connectivity index (χ1n) is 9.19. The van der Waals surface area contributed by atoms with E-state index >= 15 is 0 Å². The van der Waals surface area contributed by atoms with Gasteiger partial charge in [0.2, 0.25) is 0 Å². The molecular formula is C20H25Cl2N3O2. The highest BCUT2D eigenvalue weighted by Crippen LogP contribution is 2.25. The Labute approximate surface area is 170 Å². The summed E-state index contributed by atoms with van der Waals surface area (Å²) in [5, 5.41) is 6.63. The van der Waals surface area contributed by atoms with Gasteiger partial charge < -0.3 is 15.1 Å². The number of hydrogen-bond donors (Lipinski definition) is 2. The van der Waals surface area contributed by atoms with E-state index in [-0.39, 0.29) is 6.03 Å². The molecule has 0 spiro atoms. The van der Waals surface area contributed by atoms with Crippen LogP contribution in [0.3, 0.4) is 0 Å². The Hall–Kier alpha value is -1.69. The van der Waals surface area contributed by atoms with Crippen LogP contribution in [-0.2, 0) is 6.54 Å². The molecule has 1 aliphatic rings. The summed E-state index contributed by atoms with van der Waals surface area (Å²) < 4.78 is 5.61. The lowest BCUT2D eigenvalue weighted by atomic mass is 9.96. The molecule has 27 heavy (non-hydrogen) atoms. The third kappa shape index (κ3) is 5.64. The van der Waals surface area contributed by atoms with Gasteiger partial charge in [-0.3, -0.25) is 4.90 Å². The lowest BCUT2D eigenvalue weighted by Gasteiger charge is -2.31. The average molecular weight is 410 g/mol. The van der Waals surface area contributed by atoms with Crippen molar-refractivity contribution < 1.29 is 9.21 Å². The van der Waals surface area contributed by atoms with E-state index in [1.807, 2.05) is 13.8 Å². The van der Waals surface area contributed by atoms with E-state index in [1.54, 1.807) is 18.2 Å². The van der Waals surface area contributed by atoms with Crippen molar-refractivity contribution in [3.8, 4) is 0 Å². The molecule has 2 aromatic rings. The van der Waals surface area contributed by atoms with Crippen LogP contribution in [0.25, 0.3) is 0 Å². The first-order valence-corrected chi connectivity index (χ1v) is 9.94. The van der Waals surface area contributed by atoms with E-state index in [0.717, 1.165) is 44.0 Å². The van der Waals surface area contributed by atoms with Crippen molar-refractivity contribution in [2.45, 2.75) is 33.2 Å². The van der Waals surface area contributed by atoms with Gasteiger partial charge in [0.1, 0.15) is 11.5 Å². The summed E-state index contributed by atoms with van der Waals surface area (Å²) in [6.07, 6.45) is 2.14. The minimum Gasteiger partial charge on any atom is -0.466 e. The Morgan fingerprint density at radius 3 is 2.56 bits per heavy atom. The Bertz CT molecular complexity index is 799. The topological polar surface area (TPSA) is 57.5 Å². The molecule has 7 heteroatoms. The van der Waals surface area contributed by atoms with E-state index in [4.69, 9.17) is 27.6 Å². The molecule has 1 aromatic heterocycles. The van der Waals surface area contributed by atoms with Gasteiger partial charge in [-0.1, -0.05) is 23.2 Å². The van der Waals surface area contributed by atoms with Crippen LogP contribution in [0.4, 0.5) is 10.5 Å². The van der Waals surface area contributed by atoms with Gasteiger partial charge in [0.15, 0.2) is 0 Å². The van der Waals surface area contributed by atoms with Gasteiger partial charge in [-0.05, 0) is 70.0 Å². The zero-order valence-electron chi connectivity index (χ0n) is 15.6. The number of hydrogen-bond acceptors (Lipinski definition) is 3. The smallest absolute Gasteiger partial charge is 0.319 e. The van der Waals surface area contributed by atoms with Crippen molar-refractivity contribution in [3.05, 3.63) is 51.4 Å². The van der Waals surface area contributed by atoms with Crippen molar-refractivity contribution in [2.75, 3.05) is 25.0 Å². The minimum atomic E-state index is -0.222. The van der Waals surface area contributed by atoms with Gasteiger partial charge in [0, 0.05) is 24.3 Å². The van der Waals surface area contributed by atoms with Crippen LogP contribution in [0.5, 0.6) is 0 Å². The highest BCUT2D eigenvalue weighted by molar-refractivity contribution is 6.42. The zero-order chi connectivity index (χ0) is 19.4. The summed E-state index contributed by atoms with van der Waals surface area (Å²) in [4.78, 5) is 14.5. The molecule has 0 unspecified atom stereocenters. The molecule has 0 radical (unpaired) electrons. The quantitative estimate of drug-likeness (QED) is 0.709. The van der Waals surface area contributed by atoms with Gasteiger partial charge >= 0.3 is 6.03 Å². The molecule has 0 bridgehead atoms. The minimum absolute atomic E-state index is 0.222. The summed E-state index contributed by atoms with van der Waals surface area (Å²) in [5.41, 5.74) is 1.90. The Balaban J connectivity index is 1.39. The number of carbonyl (C=O) groups excluding carboxylic acids is 1. The molecule has 2 amide bonds. The Morgan fingerprint density at radius 2 is 1.93 bits per heavy atom. The van der Waals surface area contributed by atoms with Gasteiger partial charge in [0.05, 0.1) is 10.0 Å². The van der Waals surface area contributed by atoms with E-state index in [1.165, 1.54) is 5.56 Å². The van der Waals surface area contributed by atoms with Crippen molar-refractivity contribution in [3.63, 3.8) is 0 Å². The third-order valence-electron chi connectivity index (χ3n) is 4.97. The molecule has 3 rings (SSSR count). The van der Waals surface area contributed by atoms with Crippen molar-refractivity contribution >= 4 is 34.9 Å². The highest BCUT2D eigenvalue weighted by atomic mass is 35.5. The number of amides is 2. The molecule has 1 aliphatic heterocycles. The van der Waals surface area contributed by atoms with E-state index in [0.29, 0.717) is 28.2 Å². The number of furan rings is 1. The van der Waals surface area contributed by atoms with Gasteiger partial charge in [0.25, 0.3) is 0 Å². The second-order valence-electron chi connectivity index (χ2n) is 7.12. The molecule has 1 fully saturated rings. The summed E-state index contributed by atoms with van der Waals surface area (Å²) in [6.45, 7) is 7.67. The number of anilines is 1. The molecule has 0 atom stereocenters. The largest absolute Gasteiger partial charge is 0.466 e. The van der Waals surface area contributed by atoms with Crippen LogP contribution in [0.2, 0.25) is 10.0 Å². The van der Waals surface area contributed by atoms with Crippen molar-refractivity contribution in [2.24, 2.45) is 5.92 Å². The highest BCUT2D eigenvalue weighted by Gasteiger charge is 2.21. The maximum Gasteiger partial charge on any atom is 0.319 e. The number of benzene rings is 1. The number of nitrogens with zero attached hydrogens (tertiary/aromatic N) is 1. The summed E-state index contributed by atoms with van der Waals surface area (Å²) in [5.74, 6) is 2.47. The number of halogens is 2. The SMILES string of the molecule is Cc1cc(CN2CCC(CNC(=O)Nc3ccc(Cl)c(Cl)c3)CC2)c(C)o1. The summed E-state index contributed by atoms with van der Waals surface area (Å²) in [7, 11) is 0. The molecule has 0 aliphatic carbocycles. The number of aryl methyl sites for hydroxylation is 2. The predicted molar refractivity (Wildman–Crippen MR) is 110 cm³/mol. The number of likely N-dealkylation sites (tertiary alicyclic amines) is 1. The fourth-order valence-electron chi connectivity index (χ4n) is 3.42. The third-order valence-corrected chi connectivity index (χ3v) is 5.71. The van der Waals surface area contributed by atoms with Gasteiger partial charge in [-0.2, -0.15) is 0 Å². The molecule has 1 saturated heterocycles. The van der Waals surface area contributed by atoms with Crippen LogP contribution in [0.15, 0.2) is 28.7 Å². The molecule has 146 valence electrons. The molecule has 5 nitrogen and oxygen atoms in total. The average Bonchev–Trinajstić information content (AvgIpc) is 2.95. The van der Waals surface area contributed by atoms with Crippen molar-refractivity contribution in [1.29, 1.82) is 0 Å². The number of rotatable bonds is 5. The number of carbonyl (C=O) groups is 1. The fourth-order valence-corrected chi connectivity index (χ4v) is 3.71. The Kier molecular flexibility index (Phi) is 6.68. The standard InChI is InChI=1S/C20H25Cl2N3O2/c1-13-9-16(14(2)27-13)12-25-7-5-15(6-8-25)11-23-20(26)24-17-3-4-18(21)19(22)10-17/h3-4,9-10,15H,5-8,11-12H2,1-2H3,(H2,23,24,26). The van der Waals surface area contributed by atoms with Crippen molar-refractivity contribution in [1.82, 2.24) is 10.2 Å². The molecule has 2 N–H and O–H groups in total. The van der Waals surface area contributed by atoms with Crippen LogP contribution >= 0.6 is 23.2 Å². The Morgan fingerprint density at radius 1 is 1.19 bits per heavy atom. The normalized spacial score (nSPS) is 15.7. The number of urea groups is 1. The van der Waals surface area contributed by atoms with Crippen LogP contribution in [0.1, 0.15) is 29.9 Å². The van der Waals surface area contributed by atoms with Gasteiger partial charge in [-0.15, -0.1) is 0 Å². The fraction of sp³-hybridized carbons (Fsp3) is 0.450. The molecule has 1 aromatic carbocycles. The molecule has 2 heterocycles. The zero-order valence-corrected chi connectivity index (χ0v) is 17.2. The number of piperidine rings is 1. The predicted octanol–water partition coefficient (Wildman–Crippen LogP) is 5.24. The van der Waals surface area contributed by atoms with Gasteiger partial charge in [-0.25, -0.2) is 4.79 Å². The maximum absolute atomic E-state index is 12.1. The second kappa shape index (κ2) is 9.00. The van der Waals surface area contributed by atoms with E-state index in [9.17, 15) is 4.79 Å². The lowest BCUT2D eigenvalue weighted by Crippen LogP contribution is -2.39. The first kappa shape index (κ1) is 20.1. The lowest BCUT2D eigenvalue weighted by molar-refractivity contribution is 0.175. The van der Waals surface area contributed by atoms with Crippen LogP contribution in [-0.4, -0.2) is 30.6 Å². The van der Waals surface area contributed by atoms with E-state index in [2.05, 4.69) is 21.6 Å². The molecular weight excluding hydrogens is 385 g/mol. The number of nitrogens with one attached hydrogen (secondary N) is 2. The first-order chi connectivity index (χ1) is 12.9.